The number of carbonyl (C=O) groups excluding carboxylic acids is 2. The van der Waals surface area contributed by atoms with E-state index in [0.717, 1.165) is 0 Å². The fourth-order valence-electron chi connectivity index (χ4n) is 0.739. The van der Waals surface area contributed by atoms with E-state index in [1.54, 1.807) is 0 Å². The molecule has 0 atom stereocenters. The van der Waals surface area contributed by atoms with E-state index in [2.05, 4.69) is 4.84 Å². The maximum absolute atomic E-state index is 11.2. The molecule has 12 heavy (non-hydrogen) atoms. The van der Waals surface area contributed by atoms with Crippen molar-refractivity contribution in [2.45, 2.75) is 33.6 Å². The van der Waals surface area contributed by atoms with Crippen LogP contribution in [0.2, 0.25) is 0 Å². The molecular weight excluding hydrogens is 158 g/mol. The molecule has 4 nitrogen and oxygen atoms in total. The zero-order valence-electron chi connectivity index (χ0n) is 7.72. The van der Waals surface area contributed by atoms with Gasteiger partial charge in [0.1, 0.15) is 0 Å². The van der Waals surface area contributed by atoms with Crippen LogP contribution < -0.4 is 5.48 Å². The fraction of sp³-hybridized carbons (Fsp3) is 0.750. The molecule has 0 unspecified atom stereocenters. The van der Waals surface area contributed by atoms with Crippen LogP contribution in [-0.4, -0.2) is 12.4 Å². The van der Waals surface area contributed by atoms with Crippen LogP contribution in [-0.2, 0) is 14.4 Å². The van der Waals surface area contributed by atoms with Gasteiger partial charge in [-0.05, 0) is 19.8 Å². The van der Waals surface area contributed by atoms with Crippen LogP contribution in [0.5, 0.6) is 0 Å². The Balaban J connectivity index is 4.11. The number of hydrogen-bond donors (Lipinski definition) is 1. The van der Waals surface area contributed by atoms with Crippen LogP contribution in [0, 0.1) is 5.41 Å². The molecule has 0 aromatic rings. The van der Waals surface area contributed by atoms with Crippen molar-refractivity contribution in [2.24, 2.45) is 5.41 Å². The van der Waals surface area contributed by atoms with E-state index in [4.69, 9.17) is 0 Å². The highest BCUT2D eigenvalue weighted by atomic mass is 16.7. The van der Waals surface area contributed by atoms with Gasteiger partial charge in [-0.3, -0.25) is 4.79 Å². The van der Waals surface area contributed by atoms with Crippen LogP contribution in [0.4, 0.5) is 0 Å². The van der Waals surface area contributed by atoms with Gasteiger partial charge in [0, 0.05) is 0 Å². The molecule has 0 aliphatic rings. The molecule has 1 amide bonds. The van der Waals surface area contributed by atoms with E-state index >= 15 is 0 Å². The predicted octanol–water partition coefficient (Wildman–Crippen LogP) is 1.02. The SMILES string of the molecule is CCC(C)(CC)C(=O)ONC=O. The summed E-state index contributed by atoms with van der Waals surface area (Å²) in [7, 11) is 0. The van der Waals surface area contributed by atoms with Crippen molar-refractivity contribution in [1.82, 2.24) is 5.48 Å². The van der Waals surface area contributed by atoms with Gasteiger partial charge in [-0.1, -0.05) is 13.8 Å². The molecule has 1 N–H and O–H groups in total. The Morgan fingerprint density at radius 2 is 2.00 bits per heavy atom. The number of nitrogens with one attached hydrogen (secondary N) is 1. The first-order valence-electron chi connectivity index (χ1n) is 4.01. The number of carbonyl (C=O) groups is 2. The molecule has 0 radical (unpaired) electrons. The van der Waals surface area contributed by atoms with Gasteiger partial charge in [0.25, 0.3) is 0 Å². The van der Waals surface area contributed by atoms with Gasteiger partial charge < -0.3 is 4.84 Å². The molecule has 0 bridgehead atoms. The molecule has 0 saturated heterocycles. The molecule has 0 rings (SSSR count). The second-order valence-electron chi connectivity index (χ2n) is 2.89. The summed E-state index contributed by atoms with van der Waals surface area (Å²) in [6, 6.07) is 0. The van der Waals surface area contributed by atoms with Crippen LogP contribution in [0.3, 0.4) is 0 Å². The van der Waals surface area contributed by atoms with Gasteiger partial charge in [-0.15, -0.1) is 0 Å². The van der Waals surface area contributed by atoms with Crippen molar-refractivity contribution in [3.8, 4) is 0 Å². The third kappa shape index (κ3) is 2.53. The summed E-state index contributed by atoms with van der Waals surface area (Å²) in [5.41, 5.74) is 1.40. The normalized spacial score (nSPS) is 10.6. The molecule has 0 aromatic carbocycles. The molecule has 0 aliphatic carbocycles. The lowest BCUT2D eigenvalue weighted by molar-refractivity contribution is -0.165. The summed E-state index contributed by atoms with van der Waals surface area (Å²) in [5, 5.41) is 0. The highest BCUT2D eigenvalue weighted by Crippen LogP contribution is 2.26. The van der Waals surface area contributed by atoms with Crippen LogP contribution in [0.25, 0.3) is 0 Å². The van der Waals surface area contributed by atoms with E-state index in [0.29, 0.717) is 19.3 Å². The Bertz CT molecular complexity index is 164. The summed E-state index contributed by atoms with van der Waals surface area (Å²) in [5.74, 6) is -0.389. The summed E-state index contributed by atoms with van der Waals surface area (Å²) >= 11 is 0. The zero-order valence-corrected chi connectivity index (χ0v) is 7.72. The number of hydroxylamine groups is 1. The second-order valence-corrected chi connectivity index (χ2v) is 2.89. The molecule has 0 aliphatic heterocycles. The van der Waals surface area contributed by atoms with Gasteiger partial charge in [-0.25, -0.2) is 4.79 Å². The van der Waals surface area contributed by atoms with E-state index < -0.39 is 5.41 Å². The van der Waals surface area contributed by atoms with Crippen molar-refractivity contribution in [2.75, 3.05) is 0 Å². The average Bonchev–Trinajstić information content (AvgIpc) is 2.12. The molecule has 0 spiro atoms. The van der Waals surface area contributed by atoms with Crippen LogP contribution in [0.15, 0.2) is 0 Å². The monoisotopic (exact) mass is 173 g/mol. The third-order valence-corrected chi connectivity index (χ3v) is 2.25. The molecule has 70 valence electrons. The summed E-state index contributed by atoms with van der Waals surface area (Å²) in [6.07, 6.45) is 1.73. The van der Waals surface area contributed by atoms with Gasteiger partial charge >= 0.3 is 5.97 Å². The molecule has 0 heterocycles. The second kappa shape index (κ2) is 4.74. The first kappa shape index (κ1) is 10.9. The Labute approximate surface area is 72.2 Å². The van der Waals surface area contributed by atoms with E-state index in [1.165, 1.54) is 0 Å². The lowest BCUT2D eigenvalue weighted by Gasteiger charge is -2.22. The van der Waals surface area contributed by atoms with Crippen molar-refractivity contribution in [3.05, 3.63) is 0 Å². The molecule has 4 heteroatoms. The fourth-order valence-corrected chi connectivity index (χ4v) is 0.739. The molecule has 0 aromatic heterocycles. The van der Waals surface area contributed by atoms with E-state index in [1.807, 2.05) is 26.3 Å². The minimum absolute atomic E-state index is 0.337. The maximum Gasteiger partial charge on any atom is 0.337 e. The molecular formula is C8H15NO3. The first-order valence-corrected chi connectivity index (χ1v) is 4.01. The Morgan fingerprint density at radius 1 is 1.50 bits per heavy atom. The van der Waals surface area contributed by atoms with E-state index in [9.17, 15) is 9.59 Å². The van der Waals surface area contributed by atoms with E-state index in [-0.39, 0.29) is 5.97 Å². The predicted molar refractivity (Wildman–Crippen MR) is 44.0 cm³/mol. The lowest BCUT2D eigenvalue weighted by atomic mass is 9.85. The van der Waals surface area contributed by atoms with Gasteiger partial charge in [-0.2, -0.15) is 5.48 Å². The quantitative estimate of drug-likeness (QED) is 0.498. The van der Waals surface area contributed by atoms with Crippen molar-refractivity contribution >= 4 is 12.4 Å². The summed E-state index contributed by atoms with van der Waals surface area (Å²) < 4.78 is 0. The Kier molecular flexibility index (Phi) is 4.33. The minimum atomic E-state index is -0.490. The van der Waals surface area contributed by atoms with Crippen molar-refractivity contribution in [3.63, 3.8) is 0 Å². The Hall–Kier alpha value is -1.06. The van der Waals surface area contributed by atoms with Crippen molar-refractivity contribution in [1.29, 1.82) is 0 Å². The average molecular weight is 173 g/mol. The molecule has 0 saturated carbocycles. The first-order chi connectivity index (χ1) is 5.60. The van der Waals surface area contributed by atoms with Crippen LogP contribution >= 0.6 is 0 Å². The Morgan fingerprint density at radius 3 is 2.33 bits per heavy atom. The highest BCUT2D eigenvalue weighted by molar-refractivity contribution is 5.76. The third-order valence-electron chi connectivity index (χ3n) is 2.25. The summed E-state index contributed by atoms with van der Waals surface area (Å²) in [6.45, 7) is 5.62. The van der Waals surface area contributed by atoms with Gasteiger partial charge in [0.2, 0.25) is 6.41 Å². The van der Waals surface area contributed by atoms with Gasteiger partial charge in [0.05, 0.1) is 5.41 Å². The maximum atomic E-state index is 11.2. The van der Waals surface area contributed by atoms with Gasteiger partial charge in [0.15, 0.2) is 0 Å². The number of amides is 1. The highest BCUT2D eigenvalue weighted by Gasteiger charge is 2.31. The largest absolute Gasteiger partial charge is 0.340 e. The zero-order chi connectivity index (χ0) is 9.61. The summed E-state index contributed by atoms with van der Waals surface area (Å²) in [4.78, 5) is 25.5. The minimum Gasteiger partial charge on any atom is -0.340 e. The number of hydrogen-bond acceptors (Lipinski definition) is 3. The number of rotatable bonds is 5. The van der Waals surface area contributed by atoms with Crippen LogP contribution in [0.1, 0.15) is 33.6 Å². The topological polar surface area (TPSA) is 55.4 Å². The standard InChI is InChI=1S/C8H15NO3/c1-4-8(3,5-2)7(11)12-9-6-10/h6H,4-5H2,1-3H3,(H,9,10). The van der Waals surface area contributed by atoms with Crippen molar-refractivity contribution < 1.29 is 14.4 Å². The molecule has 0 fully saturated rings. The lowest BCUT2D eigenvalue weighted by Crippen LogP contribution is -2.32. The smallest absolute Gasteiger partial charge is 0.337 e.